The number of aliphatic hydroxyl groups is 1. The SMILES string of the molecule is CC1(C)CCCCC1(O)c1cnnn1-c1ccccc1. The van der Waals surface area contributed by atoms with Gasteiger partial charge in [0.25, 0.3) is 0 Å². The Balaban J connectivity index is 2.09. The fourth-order valence-corrected chi connectivity index (χ4v) is 3.24. The summed E-state index contributed by atoms with van der Waals surface area (Å²) in [5.41, 5.74) is 0.701. The van der Waals surface area contributed by atoms with Gasteiger partial charge in [-0.2, -0.15) is 0 Å². The summed E-state index contributed by atoms with van der Waals surface area (Å²) in [6.07, 6.45) is 5.70. The van der Waals surface area contributed by atoms with E-state index in [1.807, 2.05) is 30.3 Å². The Labute approximate surface area is 119 Å². The fraction of sp³-hybridized carbons (Fsp3) is 0.500. The van der Waals surface area contributed by atoms with E-state index >= 15 is 0 Å². The maximum Gasteiger partial charge on any atom is 0.113 e. The second-order valence-electron chi connectivity index (χ2n) is 6.32. The van der Waals surface area contributed by atoms with Crippen LogP contribution in [0.25, 0.3) is 5.69 Å². The topological polar surface area (TPSA) is 50.9 Å². The van der Waals surface area contributed by atoms with E-state index in [0.717, 1.165) is 30.6 Å². The highest BCUT2D eigenvalue weighted by Gasteiger charge is 2.48. The van der Waals surface area contributed by atoms with Crippen molar-refractivity contribution in [3.63, 3.8) is 0 Å². The van der Waals surface area contributed by atoms with E-state index in [0.29, 0.717) is 0 Å². The van der Waals surface area contributed by atoms with Crippen LogP contribution in [-0.4, -0.2) is 20.1 Å². The summed E-state index contributed by atoms with van der Waals surface area (Å²) in [4.78, 5) is 0. The first kappa shape index (κ1) is 13.3. The minimum atomic E-state index is -0.870. The Kier molecular flexibility index (Phi) is 3.13. The van der Waals surface area contributed by atoms with Crippen LogP contribution in [0.15, 0.2) is 36.5 Å². The van der Waals surface area contributed by atoms with Gasteiger partial charge in [0.15, 0.2) is 0 Å². The normalized spacial score (nSPS) is 25.6. The van der Waals surface area contributed by atoms with Crippen LogP contribution >= 0.6 is 0 Å². The molecule has 1 unspecified atom stereocenters. The van der Waals surface area contributed by atoms with Crippen LogP contribution in [0.5, 0.6) is 0 Å². The lowest BCUT2D eigenvalue weighted by Gasteiger charge is -2.46. The number of benzene rings is 1. The lowest BCUT2D eigenvalue weighted by molar-refractivity contribution is -0.108. The van der Waals surface area contributed by atoms with Gasteiger partial charge in [-0.05, 0) is 30.4 Å². The van der Waals surface area contributed by atoms with Crippen molar-refractivity contribution in [3.05, 3.63) is 42.2 Å². The van der Waals surface area contributed by atoms with Gasteiger partial charge in [-0.1, -0.05) is 50.1 Å². The van der Waals surface area contributed by atoms with Gasteiger partial charge >= 0.3 is 0 Å². The van der Waals surface area contributed by atoms with E-state index < -0.39 is 5.60 Å². The first-order valence-electron chi connectivity index (χ1n) is 7.24. The number of para-hydroxylation sites is 1. The van der Waals surface area contributed by atoms with Gasteiger partial charge in [0.1, 0.15) is 5.60 Å². The average molecular weight is 271 g/mol. The molecule has 1 aromatic carbocycles. The number of hydrogen-bond donors (Lipinski definition) is 1. The third-order valence-corrected chi connectivity index (χ3v) is 4.68. The molecule has 0 bridgehead atoms. The summed E-state index contributed by atoms with van der Waals surface area (Å²) >= 11 is 0. The van der Waals surface area contributed by atoms with Gasteiger partial charge < -0.3 is 5.11 Å². The van der Waals surface area contributed by atoms with Crippen molar-refractivity contribution in [2.45, 2.75) is 45.1 Å². The van der Waals surface area contributed by atoms with E-state index in [9.17, 15) is 5.11 Å². The largest absolute Gasteiger partial charge is 0.383 e. The van der Waals surface area contributed by atoms with E-state index in [-0.39, 0.29) is 5.41 Å². The molecule has 1 N–H and O–H groups in total. The molecule has 1 aliphatic carbocycles. The fourth-order valence-electron chi connectivity index (χ4n) is 3.24. The smallest absolute Gasteiger partial charge is 0.113 e. The predicted molar refractivity (Wildman–Crippen MR) is 77.5 cm³/mol. The summed E-state index contributed by atoms with van der Waals surface area (Å²) in [6, 6.07) is 9.88. The zero-order valence-electron chi connectivity index (χ0n) is 12.1. The van der Waals surface area contributed by atoms with Gasteiger partial charge in [-0.15, -0.1) is 5.10 Å². The van der Waals surface area contributed by atoms with Gasteiger partial charge in [0, 0.05) is 0 Å². The van der Waals surface area contributed by atoms with Crippen LogP contribution in [0.2, 0.25) is 0 Å². The molecule has 4 nitrogen and oxygen atoms in total. The van der Waals surface area contributed by atoms with Crippen LogP contribution in [0.3, 0.4) is 0 Å². The third kappa shape index (κ3) is 1.95. The molecular formula is C16H21N3O. The Hall–Kier alpha value is -1.68. The minimum Gasteiger partial charge on any atom is -0.383 e. The van der Waals surface area contributed by atoms with Crippen LogP contribution in [-0.2, 0) is 5.60 Å². The highest BCUT2D eigenvalue weighted by Crippen LogP contribution is 2.50. The van der Waals surface area contributed by atoms with Gasteiger partial charge in [0.2, 0.25) is 0 Å². The summed E-state index contributed by atoms with van der Waals surface area (Å²) < 4.78 is 1.77. The molecular weight excluding hydrogens is 250 g/mol. The highest BCUT2D eigenvalue weighted by atomic mass is 16.3. The standard InChI is InChI=1S/C16H21N3O/c1-15(2)10-6-7-11-16(15,20)14-12-17-18-19(14)13-8-4-3-5-9-13/h3-5,8-9,12,20H,6-7,10-11H2,1-2H3. The molecule has 106 valence electrons. The molecule has 1 heterocycles. The zero-order chi connectivity index (χ0) is 14.2. The molecule has 0 spiro atoms. The van der Waals surface area contributed by atoms with E-state index in [1.165, 1.54) is 6.42 Å². The van der Waals surface area contributed by atoms with Crippen molar-refractivity contribution in [3.8, 4) is 5.69 Å². The maximum absolute atomic E-state index is 11.3. The Bertz CT molecular complexity index is 591. The molecule has 1 aliphatic rings. The van der Waals surface area contributed by atoms with Crippen molar-refractivity contribution >= 4 is 0 Å². The third-order valence-electron chi connectivity index (χ3n) is 4.68. The predicted octanol–water partition coefficient (Wildman–Crippen LogP) is 3.06. The molecule has 1 saturated carbocycles. The number of hydrogen-bond acceptors (Lipinski definition) is 3. The molecule has 1 atom stereocenters. The van der Waals surface area contributed by atoms with E-state index in [2.05, 4.69) is 24.2 Å². The van der Waals surface area contributed by atoms with E-state index in [1.54, 1.807) is 10.9 Å². The Morgan fingerprint density at radius 2 is 1.80 bits per heavy atom. The number of rotatable bonds is 2. The monoisotopic (exact) mass is 271 g/mol. The summed E-state index contributed by atoms with van der Waals surface area (Å²) in [5, 5.41) is 19.5. The first-order valence-corrected chi connectivity index (χ1v) is 7.24. The summed E-state index contributed by atoms with van der Waals surface area (Å²) in [5.74, 6) is 0. The average Bonchev–Trinajstić information content (AvgIpc) is 2.93. The molecule has 0 radical (unpaired) electrons. The maximum atomic E-state index is 11.3. The van der Waals surface area contributed by atoms with Crippen LogP contribution < -0.4 is 0 Å². The van der Waals surface area contributed by atoms with Crippen molar-refractivity contribution in [2.24, 2.45) is 5.41 Å². The van der Waals surface area contributed by atoms with Crippen molar-refractivity contribution in [2.75, 3.05) is 0 Å². The molecule has 0 aliphatic heterocycles. The quantitative estimate of drug-likeness (QED) is 0.913. The molecule has 0 saturated heterocycles. The molecule has 1 fully saturated rings. The number of aromatic nitrogens is 3. The summed E-state index contributed by atoms with van der Waals surface area (Å²) in [7, 11) is 0. The van der Waals surface area contributed by atoms with Gasteiger partial charge in [0.05, 0.1) is 17.6 Å². The molecule has 20 heavy (non-hydrogen) atoms. The minimum absolute atomic E-state index is 0.167. The second kappa shape index (κ2) is 4.70. The van der Waals surface area contributed by atoms with E-state index in [4.69, 9.17) is 0 Å². The molecule has 3 rings (SSSR count). The first-order chi connectivity index (χ1) is 9.55. The molecule has 4 heteroatoms. The Morgan fingerprint density at radius 3 is 2.50 bits per heavy atom. The zero-order valence-corrected chi connectivity index (χ0v) is 12.1. The lowest BCUT2D eigenvalue weighted by Crippen LogP contribution is -2.45. The molecule has 2 aromatic rings. The molecule has 1 aromatic heterocycles. The van der Waals surface area contributed by atoms with Crippen LogP contribution in [0.1, 0.15) is 45.2 Å². The van der Waals surface area contributed by atoms with Gasteiger partial charge in [-0.3, -0.25) is 0 Å². The van der Waals surface area contributed by atoms with Gasteiger partial charge in [-0.25, -0.2) is 4.68 Å². The van der Waals surface area contributed by atoms with Crippen LogP contribution in [0, 0.1) is 5.41 Å². The Morgan fingerprint density at radius 1 is 1.10 bits per heavy atom. The van der Waals surface area contributed by atoms with Crippen molar-refractivity contribution < 1.29 is 5.11 Å². The van der Waals surface area contributed by atoms with Crippen molar-refractivity contribution in [1.29, 1.82) is 0 Å². The number of nitrogens with zero attached hydrogens (tertiary/aromatic N) is 3. The lowest BCUT2D eigenvalue weighted by atomic mass is 9.64. The molecule has 0 amide bonds. The highest BCUT2D eigenvalue weighted by molar-refractivity contribution is 5.33. The summed E-state index contributed by atoms with van der Waals surface area (Å²) in [6.45, 7) is 4.27. The van der Waals surface area contributed by atoms with Crippen molar-refractivity contribution in [1.82, 2.24) is 15.0 Å². The van der Waals surface area contributed by atoms with Crippen LogP contribution in [0.4, 0.5) is 0 Å². The second-order valence-corrected chi connectivity index (χ2v) is 6.32.